The molecule has 3 rings (SSSR count). The van der Waals surface area contributed by atoms with E-state index < -0.39 is 0 Å². The van der Waals surface area contributed by atoms with Crippen molar-refractivity contribution >= 4 is 27.5 Å². The molecule has 1 aromatic carbocycles. The number of nitrogens with zero attached hydrogens (tertiary/aromatic N) is 2. The lowest BCUT2D eigenvalue weighted by Gasteiger charge is -2.09. The fourth-order valence-corrected chi connectivity index (χ4v) is 2.51. The Hall–Kier alpha value is -2.25. The third-order valence-corrected chi connectivity index (χ3v) is 3.58. The minimum Gasteiger partial charge on any atom is -0.438 e. The summed E-state index contributed by atoms with van der Waals surface area (Å²) in [7, 11) is 0. The number of nitrogens with two attached hydrogens (primary N) is 1. The monoisotopic (exact) mass is 290 g/mol. The number of hydrogen-bond donors (Lipinski definition) is 2. The van der Waals surface area contributed by atoms with E-state index in [9.17, 15) is 4.39 Å². The quantitative estimate of drug-likeness (QED) is 0.572. The molecule has 7 heteroatoms. The summed E-state index contributed by atoms with van der Waals surface area (Å²) in [5.74, 6) is 5.99. The number of nitrogens with one attached hydrogen (secondary N) is 1. The Morgan fingerprint density at radius 2 is 2.15 bits per heavy atom. The number of hydrazine groups is 1. The molecule has 0 aliphatic heterocycles. The van der Waals surface area contributed by atoms with E-state index in [-0.39, 0.29) is 11.8 Å². The van der Waals surface area contributed by atoms with E-state index in [2.05, 4.69) is 15.4 Å². The van der Waals surface area contributed by atoms with E-state index in [4.69, 9.17) is 10.6 Å². The SMILES string of the molecule is Cc1ccc(F)cc1Oc1nc(NN)nc2sccc12. The smallest absolute Gasteiger partial charge is 0.241 e. The molecule has 2 heterocycles. The zero-order valence-corrected chi connectivity index (χ0v) is 11.4. The summed E-state index contributed by atoms with van der Waals surface area (Å²) in [4.78, 5) is 9.13. The number of halogens is 1. The normalized spacial score (nSPS) is 10.8. The maximum absolute atomic E-state index is 13.3. The molecule has 0 fully saturated rings. The topological polar surface area (TPSA) is 73.1 Å². The Labute approximate surface area is 118 Å². The van der Waals surface area contributed by atoms with Gasteiger partial charge in [-0.05, 0) is 30.0 Å². The molecule has 0 aliphatic carbocycles. The summed E-state index contributed by atoms with van der Waals surface area (Å²) in [6, 6.07) is 6.21. The second-order valence-corrected chi connectivity index (χ2v) is 5.04. The molecular weight excluding hydrogens is 279 g/mol. The number of anilines is 1. The van der Waals surface area contributed by atoms with Gasteiger partial charge in [-0.2, -0.15) is 4.98 Å². The molecule has 3 N–H and O–H groups in total. The number of aromatic nitrogens is 2. The third kappa shape index (κ3) is 2.28. The summed E-state index contributed by atoms with van der Waals surface area (Å²) in [6.07, 6.45) is 0. The van der Waals surface area contributed by atoms with Crippen LogP contribution in [0.2, 0.25) is 0 Å². The fraction of sp³-hybridized carbons (Fsp3) is 0.0769. The van der Waals surface area contributed by atoms with Gasteiger partial charge in [-0.25, -0.2) is 15.2 Å². The molecule has 0 amide bonds. The summed E-state index contributed by atoms with van der Waals surface area (Å²) >= 11 is 1.45. The van der Waals surface area contributed by atoms with E-state index >= 15 is 0 Å². The van der Waals surface area contributed by atoms with Crippen LogP contribution in [0.15, 0.2) is 29.6 Å². The Kier molecular flexibility index (Phi) is 3.21. The van der Waals surface area contributed by atoms with E-state index in [1.54, 1.807) is 6.07 Å². The van der Waals surface area contributed by atoms with Crippen molar-refractivity contribution in [3.8, 4) is 11.6 Å². The summed E-state index contributed by atoms with van der Waals surface area (Å²) in [6.45, 7) is 1.84. The highest BCUT2D eigenvalue weighted by molar-refractivity contribution is 7.16. The molecule has 3 aromatic rings. The van der Waals surface area contributed by atoms with Crippen LogP contribution in [0.3, 0.4) is 0 Å². The van der Waals surface area contributed by atoms with Gasteiger partial charge < -0.3 is 4.74 Å². The second-order valence-electron chi connectivity index (χ2n) is 4.15. The van der Waals surface area contributed by atoms with Gasteiger partial charge in [-0.3, -0.25) is 5.43 Å². The Morgan fingerprint density at radius 1 is 1.30 bits per heavy atom. The van der Waals surface area contributed by atoms with Gasteiger partial charge in [0.25, 0.3) is 0 Å². The van der Waals surface area contributed by atoms with Crippen molar-refractivity contribution in [2.75, 3.05) is 5.43 Å². The van der Waals surface area contributed by atoms with Gasteiger partial charge in [-0.15, -0.1) is 11.3 Å². The van der Waals surface area contributed by atoms with Crippen LogP contribution in [-0.2, 0) is 0 Å². The van der Waals surface area contributed by atoms with Crippen molar-refractivity contribution in [3.63, 3.8) is 0 Å². The number of hydrogen-bond acceptors (Lipinski definition) is 6. The Bertz CT molecular complexity index is 774. The lowest BCUT2D eigenvalue weighted by atomic mass is 10.2. The summed E-state index contributed by atoms with van der Waals surface area (Å²) < 4.78 is 19.0. The molecule has 0 bridgehead atoms. The summed E-state index contributed by atoms with van der Waals surface area (Å²) in [5, 5.41) is 2.64. The van der Waals surface area contributed by atoms with Crippen molar-refractivity contribution in [1.82, 2.24) is 9.97 Å². The van der Waals surface area contributed by atoms with Crippen LogP contribution in [0.1, 0.15) is 5.56 Å². The van der Waals surface area contributed by atoms with Gasteiger partial charge in [0.2, 0.25) is 11.8 Å². The molecule has 2 aromatic heterocycles. The number of rotatable bonds is 3. The zero-order chi connectivity index (χ0) is 14.1. The van der Waals surface area contributed by atoms with Crippen LogP contribution in [0.5, 0.6) is 11.6 Å². The van der Waals surface area contributed by atoms with Crippen molar-refractivity contribution in [2.24, 2.45) is 5.84 Å². The molecule has 0 saturated carbocycles. The zero-order valence-electron chi connectivity index (χ0n) is 10.6. The second kappa shape index (κ2) is 5.03. The predicted molar refractivity (Wildman–Crippen MR) is 76.4 cm³/mol. The van der Waals surface area contributed by atoms with Gasteiger partial charge >= 0.3 is 0 Å². The highest BCUT2D eigenvalue weighted by Crippen LogP contribution is 2.32. The van der Waals surface area contributed by atoms with Gasteiger partial charge in [0.1, 0.15) is 16.4 Å². The lowest BCUT2D eigenvalue weighted by Crippen LogP contribution is -2.10. The molecule has 0 radical (unpaired) electrons. The van der Waals surface area contributed by atoms with Crippen molar-refractivity contribution in [1.29, 1.82) is 0 Å². The first-order valence-corrected chi connectivity index (χ1v) is 6.71. The molecule has 0 atom stereocenters. The average molecular weight is 290 g/mol. The highest BCUT2D eigenvalue weighted by atomic mass is 32.1. The van der Waals surface area contributed by atoms with E-state index in [1.165, 1.54) is 23.5 Å². The van der Waals surface area contributed by atoms with Gasteiger partial charge in [0, 0.05) is 6.07 Å². The molecule has 5 nitrogen and oxygen atoms in total. The first-order chi connectivity index (χ1) is 9.67. The van der Waals surface area contributed by atoms with Crippen LogP contribution in [-0.4, -0.2) is 9.97 Å². The standard InChI is InChI=1S/C13H11FN4OS/c1-7-2-3-8(14)6-10(7)19-11-9-4-5-20-12(9)17-13(16-11)18-15/h2-6H,15H2,1H3,(H,16,17,18). The molecule has 0 aliphatic rings. The number of ether oxygens (including phenoxy) is 1. The van der Waals surface area contributed by atoms with E-state index in [1.807, 2.05) is 18.4 Å². The fourth-order valence-electron chi connectivity index (χ4n) is 1.76. The van der Waals surface area contributed by atoms with Crippen LogP contribution >= 0.6 is 11.3 Å². The number of aryl methyl sites for hydroxylation is 1. The van der Waals surface area contributed by atoms with Crippen molar-refractivity contribution < 1.29 is 9.13 Å². The number of nitrogen functional groups attached to an aromatic ring is 1. The number of benzene rings is 1. The first kappa shape index (κ1) is 12.8. The largest absolute Gasteiger partial charge is 0.438 e. The van der Waals surface area contributed by atoms with Gasteiger partial charge in [-0.1, -0.05) is 6.07 Å². The molecule has 0 spiro atoms. The maximum Gasteiger partial charge on any atom is 0.241 e. The minimum atomic E-state index is -0.363. The maximum atomic E-state index is 13.3. The third-order valence-electron chi connectivity index (χ3n) is 2.78. The first-order valence-electron chi connectivity index (χ1n) is 5.83. The van der Waals surface area contributed by atoms with Crippen molar-refractivity contribution in [3.05, 3.63) is 41.0 Å². The molecule has 0 unspecified atom stereocenters. The lowest BCUT2D eigenvalue weighted by molar-refractivity contribution is 0.460. The van der Waals surface area contributed by atoms with Crippen LogP contribution in [0.4, 0.5) is 10.3 Å². The van der Waals surface area contributed by atoms with Gasteiger partial charge in [0.15, 0.2) is 0 Å². The van der Waals surface area contributed by atoms with Crippen molar-refractivity contribution in [2.45, 2.75) is 6.92 Å². The minimum absolute atomic E-state index is 0.254. The van der Waals surface area contributed by atoms with E-state index in [0.717, 1.165) is 15.8 Å². The average Bonchev–Trinajstić information content (AvgIpc) is 2.91. The predicted octanol–water partition coefficient (Wildman–Crippen LogP) is 3.22. The van der Waals surface area contributed by atoms with E-state index in [0.29, 0.717) is 11.6 Å². The summed E-state index contributed by atoms with van der Waals surface area (Å²) in [5.41, 5.74) is 3.21. The number of fused-ring (bicyclic) bond motifs is 1. The Morgan fingerprint density at radius 3 is 2.95 bits per heavy atom. The molecule has 0 saturated heterocycles. The molecular formula is C13H11FN4OS. The molecule has 102 valence electrons. The van der Waals surface area contributed by atoms with Crippen LogP contribution in [0, 0.1) is 12.7 Å². The Balaban J connectivity index is 2.09. The number of thiophene rings is 1. The highest BCUT2D eigenvalue weighted by Gasteiger charge is 2.12. The van der Waals surface area contributed by atoms with Crippen LogP contribution in [0.25, 0.3) is 10.2 Å². The molecule has 20 heavy (non-hydrogen) atoms. The van der Waals surface area contributed by atoms with Crippen LogP contribution < -0.4 is 16.0 Å². The van der Waals surface area contributed by atoms with Gasteiger partial charge in [0.05, 0.1) is 5.39 Å².